The summed E-state index contributed by atoms with van der Waals surface area (Å²) in [7, 11) is -1.94. The van der Waals surface area contributed by atoms with Crippen LogP contribution in [0.1, 0.15) is 30.9 Å². The monoisotopic (exact) mass is 314 g/mol. The molecule has 0 aliphatic heterocycles. The van der Waals surface area contributed by atoms with Gasteiger partial charge in [0.15, 0.2) is 0 Å². The Morgan fingerprint density at radius 1 is 1.38 bits per heavy atom. The molecule has 2 rings (SSSR count). The molecule has 1 aromatic carbocycles. The Kier molecular flexibility index (Phi) is 5.01. The minimum atomic E-state index is -3.67. The standard InChI is InChI=1S/C15H23FN2O2S/c1-10(13-4-5-13)8-18-21(19,20)15-7-12(9-17-3)6-14(16)11(15)2/h6-7,10,13,17-18H,4-5,8-9H2,1-3H3. The summed E-state index contributed by atoms with van der Waals surface area (Å²) < 4.78 is 41.4. The van der Waals surface area contributed by atoms with Crippen molar-refractivity contribution in [2.75, 3.05) is 13.6 Å². The first-order chi connectivity index (χ1) is 9.85. The summed E-state index contributed by atoms with van der Waals surface area (Å²) in [5, 5.41) is 2.90. The molecular formula is C15H23FN2O2S. The number of hydrogen-bond donors (Lipinski definition) is 2. The van der Waals surface area contributed by atoms with Crippen LogP contribution >= 0.6 is 0 Å². The molecule has 0 bridgehead atoms. The van der Waals surface area contributed by atoms with Crippen molar-refractivity contribution in [1.29, 1.82) is 0 Å². The van der Waals surface area contributed by atoms with Crippen LogP contribution in [0.2, 0.25) is 0 Å². The van der Waals surface area contributed by atoms with Gasteiger partial charge < -0.3 is 5.32 Å². The van der Waals surface area contributed by atoms with Crippen LogP contribution in [-0.4, -0.2) is 22.0 Å². The van der Waals surface area contributed by atoms with Crippen molar-refractivity contribution in [1.82, 2.24) is 10.0 Å². The van der Waals surface area contributed by atoms with Crippen LogP contribution in [-0.2, 0) is 16.6 Å². The molecule has 0 amide bonds. The van der Waals surface area contributed by atoms with E-state index in [0.29, 0.717) is 30.5 Å². The van der Waals surface area contributed by atoms with Crippen LogP contribution in [0.15, 0.2) is 17.0 Å². The van der Waals surface area contributed by atoms with Crippen LogP contribution in [0, 0.1) is 24.6 Å². The Hall–Kier alpha value is -0.980. The van der Waals surface area contributed by atoms with E-state index in [4.69, 9.17) is 0 Å². The molecule has 118 valence electrons. The second-order valence-corrected chi connectivity index (χ2v) is 7.63. The van der Waals surface area contributed by atoms with Crippen molar-refractivity contribution in [2.45, 2.75) is 38.1 Å². The second-order valence-electron chi connectivity index (χ2n) is 5.90. The Morgan fingerprint density at radius 2 is 2.05 bits per heavy atom. The largest absolute Gasteiger partial charge is 0.316 e. The molecule has 1 aromatic rings. The Morgan fingerprint density at radius 3 is 2.62 bits per heavy atom. The minimum absolute atomic E-state index is 0.0377. The van der Waals surface area contributed by atoms with Crippen molar-refractivity contribution in [3.05, 3.63) is 29.1 Å². The zero-order valence-corrected chi connectivity index (χ0v) is 13.6. The molecule has 1 aliphatic carbocycles. The van der Waals surface area contributed by atoms with Crippen molar-refractivity contribution in [3.63, 3.8) is 0 Å². The smallest absolute Gasteiger partial charge is 0.240 e. The first kappa shape index (κ1) is 16.4. The molecule has 0 radical (unpaired) electrons. The highest BCUT2D eigenvalue weighted by atomic mass is 32.2. The lowest BCUT2D eigenvalue weighted by Gasteiger charge is -2.15. The Labute approximate surface area is 126 Å². The van der Waals surface area contributed by atoms with Crippen molar-refractivity contribution < 1.29 is 12.8 Å². The number of benzene rings is 1. The molecule has 1 unspecified atom stereocenters. The summed E-state index contributed by atoms with van der Waals surface area (Å²) in [5.74, 6) is 0.463. The van der Waals surface area contributed by atoms with Crippen LogP contribution in [0.5, 0.6) is 0 Å². The first-order valence-corrected chi connectivity index (χ1v) is 8.76. The van der Waals surface area contributed by atoms with E-state index in [1.54, 1.807) is 13.1 Å². The van der Waals surface area contributed by atoms with E-state index < -0.39 is 15.8 Å². The molecule has 1 fully saturated rings. The maximum Gasteiger partial charge on any atom is 0.240 e. The normalized spacial score (nSPS) is 17.0. The van der Waals surface area contributed by atoms with Gasteiger partial charge in [-0.2, -0.15) is 0 Å². The zero-order valence-electron chi connectivity index (χ0n) is 12.7. The topological polar surface area (TPSA) is 58.2 Å². The fraction of sp³-hybridized carbons (Fsp3) is 0.600. The number of halogens is 1. The summed E-state index contributed by atoms with van der Waals surface area (Å²) in [6, 6.07) is 2.91. The third-order valence-electron chi connectivity index (χ3n) is 4.05. The highest BCUT2D eigenvalue weighted by molar-refractivity contribution is 7.89. The lowest BCUT2D eigenvalue weighted by molar-refractivity contribution is 0.491. The maximum atomic E-state index is 13.9. The summed E-state index contributed by atoms with van der Waals surface area (Å²) in [6.45, 7) is 4.38. The molecule has 2 N–H and O–H groups in total. The molecule has 21 heavy (non-hydrogen) atoms. The SMILES string of the molecule is CNCc1cc(F)c(C)c(S(=O)(=O)NCC(C)C2CC2)c1. The van der Waals surface area contributed by atoms with E-state index >= 15 is 0 Å². The van der Waals surface area contributed by atoms with Gasteiger partial charge in [-0.3, -0.25) is 0 Å². The van der Waals surface area contributed by atoms with Gasteiger partial charge in [0.05, 0.1) is 4.90 Å². The van der Waals surface area contributed by atoms with Gasteiger partial charge in [0.1, 0.15) is 5.82 Å². The van der Waals surface area contributed by atoms with Crippen molar-refractivity contribution >= 4 is 10.0 Å². The number of nitrogens with one attached hydrogen (secondary N) is 2. The second kappa shape index (κ2) is 6.42. The third-order valence-corrected chi connectivity index (χ3v) is 5.60. The molecular weight excluding hydrogens is 291 g/mol. The molecule has 6 heteroatoms. The van der Waals surface area contributed by atoms with Crippen LogP contribution in [0.25, 0.3) is 0 Å². The minimum Gasteiger partial charge on any atom is -0.316 e. The van der Waals surface area contributed by atoms with Gasteiger partial charge in [-0.25, -0.2) is 17.5 Å². The fourth-order valence-electron chi connectivity index (χ4n) is 2.44. The summed E-state index contributed by atoms with van der Waals surface area (Å²) in [4.78, 5) is 0.0377. The van der Waals surface area contributed by atoms with Crippen molar-refractivity contribution in [3.8, 4) is 0 Å². The van der Waals surface area contributed by atoms with Gasteiger partial charge >= 0.3 is 0 Å². The molecule has 4 nitrogen and oxygen atoms in total. The maximum absolute atomic E-state index is 13.9. The average Bonchev–Trinajstić information content (AvgIpc) is 3.24. The lowest BCUT2D eigenvalue weighted by Crippen LogP contribution is -2.30. The van der Waals surface area contributed by atoms with Crippen LogP contribution in [0.3, 0.4) is 0 Å². The van der Waals surface area contributed by atoms with E-state index in [1.165, 1.54) is 25.8 Å². The van der Waals surface area contributed by atoms with Gasteiger partial charge in [0, 0.05) is 18.7 Å². The summed E-state index contributed by atoms with van der Waals surface area (Å²) in [5.41, 5.74) is 0.789. The first-order valence-electron chi connectivity index (χ1n) is 7.28. The fourth-order valence-corrected chi connectivity index (χ4v) is 3.89. The van der Waals surface area contributed by atoms with E-state index in [1.807, 2.05) is 6.92 Å². The lowest BCUT2D eigenvalue weighted by atomic mass is 10.1. The molecule has 0 heterocycles. The molecule has 1 aliphatic rings. The van der Waals surface area contributed by atoms with Gasteiger partial charge in [-0.1, -0.05) is 6.92 Å². The molecule has 0 aromatic heterocycles. The summed E-state index contributed by atoms with van der Waals surface area (Å²) >= 11 is 0. The number of hydrogen-bond acceptors (Lipinski definition) is 3. The molecule has 1 atom stereocenters. The number of rotatable bonds is 7. The predicted molar refractivity (Wildman–Crippen MR) is 81.0 cm³/mol. The predicted octanol–water partition coefficient (Wildman–Crippen LogP) is 2.18. The van der Waals surface area contributed by atoms with Gasteiger partial charge in [-0.05, 0) is 56.3 Å². The van der Waals surface area contributed by atoms with Gasteiger partial charge in [-0.15, -0.1) is 0 Å². The number of sulfonamides is 1. The van der Waals surface area contributed by atoms with Crippen LogP contribution in [0.4, 0.5) is 4.39 Å². The Bertz CT molecular complexity index is 612. The van der Waals surface area contributed by atoms with E-state index in [9.17, 15) is 12.8 Å². The third kappa shape index (κ3) is 4.02. The zero-order chi connectivity index (χ0) is 15.6. The quantitative estimate of drug-likeness (QED) is 0.811. The van der Waals surface area contributed by atoms with E-state index in [-0.39, 0.29) is 10.5 Å². The molecule has 1 saturated carbocycles. The van der Waals surface area contributed by atoms with E-state index in [0.717, 1.165) is 0 Å². The van der Waals surface area contributed by atoms with Gasteiger partial charge in [0.25, 0.3) is 0 Å². The molecule has 0 spiro atoms. The van der Waals surface area contributed by atoms with Crippen LogP contribution < -0.4 is 10.0 Å². The van der Waals surface area contributed by atoms with E-state index in [2.05, 4.69) is 10.0 Å². The Balaban J connectivity index is 2.21. The molecule has 0 saturated heterocycles. The van der Waals surface area contributed by atoms with Crippen molar-refractivity contribution in [2.24, 2.45) is 11.8 Å². The van der Waals surface area contributed by atoms with Gasteiger partial charge in [0.2, 0.25) is 10.0 Å². The highest BCUT2D eigenvalue weighted by Crippen LogP contribution is 2.36. The highest BCUT2D eigenvalue weighted by Gasteiger charge is 2.29. The summed E-state index contributed by atoms with van der Waals surface area (Å²) in [6.07, 6.45) is 2.35. The average molecular weight is 314 g/mol.